The van der Waals surface area contributed by atoms with Gasteiger partial charge in [0.1, 0.15) is 0 Å². The molecule has 0 atom stereocenters. The molecule has 0 radical (unpaired) electrons. The quantitative estimate of drug-likeness (QED) is 0.820. The van der Waals surface area contributed by atoms with Crippen molar-refractivity contribution >= 4 is 21.8 Å². The van der Waals surface area contributed by atoms with Gasteiger partial charge in [0, 0.05) is 12.2 Å². The van der Waals surface area contributed by atoms with E-state index in [0.717, 1.165) is 17.4 Å². The van der Waals surface area contributed by atoms with Crippen molar-refractivity contribution in [1.82, 2.24) is 10.3 Å². The van der Waals surface area contributed by atoms with Gasteiger partial charge >= 0.3 is 0 Å². The molecular weight excluding hydrogens is 232 g/mol. The zero-order valence-electron chi connectivity index (χ0n) is 7.14. The molecule has 0 aliphatic heterocycles. The highest BCUT2D eigenvalue weighted by atomic mass is 79.9. The average Bonchev–Trinajstić information content (AvgIpc) is 2.44. The van der Waals surface area contributed by atoms with E-state index >= 15 is 0 Å². The smallest absolute Gasteiger partial charge is 0.253 e. The second-order valence-electron chi connectivity index (χ2n) is 3.34. The summed E-state index contributed by atoms with van der Waals surface area (Å²) >= 11 is 3.26. The molecule has 0 bridgehead atoms. The zero-order valence-corrected chi connectivity index (χ0v) is 8.73. The van der Waals surface area contributed by atoms with Gasteiger partial charge in [-0.2, -0.15) is 0 Å². The molecule has 4 heteroatoms. The van der Waals surface area contributed by atoms with Gasteiger partial charge in [0.05, 0.1) is 10.2 Å². The maximum Gasteiger partial charge on any atom is 0.253 e. The van der Waals surface area contributed by atoms with Gasteiger partial charge in [-0.3, -0.25) is 4.79 Å². The van der Waals surface area contributed by atoms with Crippen LogP contribution in [0.2, 0.25) is 0 Å². The van der Waals surface area contributed by atoms with Crippen molar-refractivity contribution in [2.75, 3.05) is 0 Å². The third-order valence-electron chi connectivity index (χ3n) is 2.35. The van der Waals surface area contributed by atoms with Crippen LogP contribution in [0, 0.1) is 0 Å². The summed E-state index contributed by atoms with van der Waals surface area (Å²) in [6, 6.07) is 2.19. The Balaban J connectivity index is 1.96. The summed E-state index contributed by atoms with van der Waals surface area (Å²) in [4.78, 5) is 14.4. The van der Waals surface area contributed by atoms with E-state index < -0.39 is 0 Å². The molecule has 1 aliphatic rings. The van der Waals surface area contributed by atoms with Crippen LogP contribution in [-0.2, 0) is 0 Å². The van der Waals surface area contributed by atoms with Crippen molar-refractivity contribution in [3.63, 3.8) is 0 Å². The SMILES string of the molecule is O=C(NC1CCC1)c1c[nH]c(Br)c1. The van der Waals surface area contributed by atoms with Gasteiger partial charge in [-0.05, 0) is 41.3 Å². The summed E-state index contributed by atoms with van der Waals surface area (Å²) in [5, 5.41) is 2.97. The van der Waals surface area contributed by atoms with E-state index in [1.165, 1.54) is 6.42 Å². The molecule has 0 spiro atoms. The number of hydrogen-bond donors (Lipinski definition) is 2. The minimum absolute atomic E-state index is 0.0200. The lowest BCUT2D eigenvalue weighted by Gasteiger charge is -2.26. The third kappa shape index (κ3) is 1.94. The number of aromatic amines is 1. The van der Waals surface area contributed by atoms with Crippen molar-refractivity contribution in [2.24, 2.45) is 0 Å². The van der Waals surface area contributed by atoms with Crippen LogP contribution in [0.25, 0.3) is 0 Å². The van der Waals surface area contributed by atoms with Gasteiger partial charge in [-0.1, -0.05) is 0 Å². The van der Waals surface area contributed by atoms with E-state index in [1.54, 1.807) is 12.3 Å². The number of hydrogen-bond acceptors (Lipinski definition) is 1. The molecule has 1 aliphatic carbocycles. The Morgan fingerprint density at radius 2 is 2.38 bits per heavy atom. The minimum Gasteiger partial charge on any atom is -0.355 e. The topological polar surface area (TPSA) is 44.9 Å². The van der Waals surface area contributed by atoms with E-state index in [2.05, 4.69) is 26.2 Å². The molecule has 1 aromatic rings. The molecular formula is C9H11BrN2O. The summed E-state index contributed by atoms with van der Waals surface area (Å²) in [6.45, 7) is 0. The van der Waals surface area contributed by atoms with E-state index in [1.807, 2.05) is 0 Å². The molecule has 3 nitrogen and oxygen atoms in total. The Kier molecular flexibility index (Phi) is 2.40. The molecule has 0 aromatic carbocycles. The number of rotatable bonds is 2. The summed E-state index contributed by atoms with van der Waals surface area (Å²) in [7, 11) is 0. The van der Waals surface area contributed by atoms with Crippen LogP contribution < -0.4 is 5.32 Å². The minimum atomic E-state index is 0.0200. The lowest BCUT2D eigenvalue weighted by molar-refractivity contribution is 0.0917. The first kappa shape index (κ1) is 8.81. The molecule has 70 valence electrons. The normalized spacial score (nSPS) is 16.7. The van der Waals surface area contributed by atoms with Crippen molar-refractivity contribution in [1.29, 1.82) is 0 Å². The van der Waals surface area contributed by atoms with E-state index in [0.29, 0.717) is 11.6 Å². The molecule has 2 N–H and O–H groups in total. The number of halogens is 1. The van der Waals surface area contributed by atoms with Gasteiger partial charge < -0.3 is 10.3 Å². The predicted molar refractivity (Wildman–Crippen MR) is 53.6 cm³/mol. The Bertz CT molecular complexity index is 317. The summed E-state index contributed by atoms with van der Waals surface area (Å²) in [5.41, 5.74) is 0.693. The summed E-state index contributed by atoms with van der Waals surface area (Å²) in [5.74, 6) is 0.0200. The van der Waals surface area contributed by atoms with Gasteiger partial charge in [0.2, 0.25) is 0 Å². The molecule has 1 heterocycles. The number of aromatic nitrogens is 1. The fraction of sp³-hybridized carbons (Fsp3) is 0.444. The van der Waals surface area contributed by atoms with Crippen LogP contribution in [0.3, 0.4) is 0 Å². The fourth-order valence-electron chi connectivity index (χ4n) is 1.32. The molecule has 1 fully saturated rings. The predicted octanol–water partition coefficient (Wildman–Crippen LogP) is 2.06. The largest absolute Gasteiger partial charge is 0.355 e. The first-order valence-electron chi connectivity index (χ1n) is 4.40. The Labute approximate surface area is 85.0 Å². The number of H-pyrrole nitrogens is 1. The molecule has 0 saturated heterocycles. The van der Waals surface area contributed by atoms with Crippen molar-refractivity contribution in [2.45, 2.75) is 25.3 Å². The average molecular weight is 243 g/mol. The van der Waals surface area contributed by atoms with Crippen LogP contribution in [0.15, 0.2) is 16.9 Å². The Hall–Kier alpha value is -0.770. The van der Waals surface area contributed by atoms with E-state index in [4.69, 9.17) is 0 Å². The van der Waals surface area contributed by atoms with E-state index in [-0.39, 0.29) is 5.91 Å². The first-order chi connectivity index (χ1) is 6.25. The summed E-state index contributed by atoms with van der Waals surface area (Å²) < 4.78 is 0.839. The number of carbonyl (C=O) groups is 1. The number of amides is 1. The third-order valence-corrected chi connectivity index (χ3v) is 2.81. The zero-order chi connectivity index (χ0) is 9.26. The van der Waals surface area contributed by atoms with Gasteiger partial charge in [0.25, 0.3) is 5.91 Å². The highest BCUT2D eigenvalue weighted by molar-refractivity contribution is 9.10. The molecule has 2 rings (SSSR count). The second kappa shape index (κ2) is 3.54. The lowest BCUT2D eigenvalue weighted by Crippen LogP contribution is -2.39. The van der Waals surface area contributed by atoms with Crippen LogP contribution in [0.4, 0.5) is 0 Å². The van der Waals surface area contributed by atoms with Crippen LogP contribution in [-0.4, -0.2) is 16.9 Å². The molecule has 1 aromatic heterocycles. The van der Waals surface area contributed by atoms with Crippen molar-refractivity contribution in [3.8, 4) is 0 Å². The Morgan fingerprint density at radius 3 is 2.85 bits per heavy atom. The molecule has 1 amide bonds. The van der Waals surface area contributed by atoms with Gasteiger partial charge in [-0.15, -0.1) is 0 Å². The Morgan fingerprint density at radius 1 is 1.62 bits per heavy atom. The molecule has 0 unspecified atom stereocenters. The number of carbonyl (C=O) groups excluding carboxylic acids is 1. The monoisotopic (exact) mass is 242 g/mol. The highest BCUT2D eigenvalue weighted by Gasteiger charge is 2.20. The van der Waals surface area contributed by atoms with Gasteiger partial charge in [-0.25, -0.2) is 0 Å². The molecule has 13 heavy (non-hydrogen) atoms. The lowest BCUT2D eigenvalue weighted by atomic mass is 9.93. The standard InChI is InChI=1S/C9H11BrN2O/c10-8-4-6(5-11-8)9(13)12-7-2-1-3-7/h4-5,7,11H,1-3H2,(H,12,13). The van der Waals surface area contributed by atoms with Crippen molar-refractivity contribution in [3.05, 3.63) is 22.4 Å². The first-order valence-corrected chi connectivity index (χ1v) is 5.20. The van der Waals surface area contributed by atoms with Gasteiger partial charge in [0.15, 0.2) is 0 Å². The number of nitrogens with one attached hydrogen (secondary N) is 2. The van der Waals surface area contributed by atoms with Crippen LogP contribution >= 0.6 is 15.9 Å². The molecule has 1 saturated carbocycles. The van der Waals surface area contributed by atoms with Crippen molar-refractivity contribution < 1.29 is 4.79 Å². The maximum atomic E-state index is 11.5. The van der Waals surface area contributed by atoms with Crippen LogP contribution in [0.1, 0.15) is 29.6 Å². The fourth-order valence-corrected chi connectivity index (χ4v) is 1.68. The van der Waals surface area contributed by atoms with E-state index in [9.17, 15) is 4.79 Å². The second-order valence-corrected chi connectivity index (χ2v) is 4.19. The van der Waals surface area contributed by atoms with Crippen LogP contribution in [0.5, 0.6) is 0 Å². The highest BCUT2D eigenvalue weighted by Crippen LogP contribution is 2.19. The maximum absolute atomic E-state index is 11.5. The summed E-state index contributed by atoms with van der Waals surface area (Å²) in [6.07, 6.45) is 5.19.